The number of aromatic nitrogens is 2. The van der Waals surface area contributed by atoms with Crippen LogP contribution in [0.3, 0.4) is 0 Å². The lowest BCUT2D eigenvalue weighted by molar-refractivity contribution is -0.146. The zero-order valence-corrected chi connectivity index (χ0v) is 15.3. The van der Waals surface area contributed by atoms with E-state index >= 15 is 0 Å². The summed E-state index contributed by atoms with van der Waals surface area (Å²) >= 11 is 0.858. The summed E-state index contributed by atoms with van der Waals surface area (Å²) in [6, 6.07) is 3.06. The largest absolute Gasteiger partial charge is 0.481 e. The zero-order valence-electron chi connectivity index (χ0n) is 14.5. The maximum absolute atomic E-state index is 13.9. The number of nitrogens with one attached hydrogen (secondary N) is 1. The highest BCUT2D eigenvalue weighted by Gasteiger charge is 2.37. The van der Waals surface area contributed by atoms with Crippen molar-refractivity contribution < 1.29 is 23.5 Å². The summed E-state index contributed by atoms with van der Waals surface area (Å²) in [5, 5.41) is 19.9. The highest BCUT2D eigenvalue weighted by atomic mass is 32.1. The zero-order chi connectivity index (χ0) is 19.6. The van der Waals surface area contributed by atoms with E-state index in [1.54, 1.807) is 0 Å². The maximum atomic E-state index is 13.9. The van der Waals surface area contributed by atoms with E-state index in [-0.39, 0.29) is 15.6 Å². The summed E-state index contributed by atoms with van der Waals surface area (Å²) in [5.74, 6) is -3.77. The summed E-state index contributed by atoms with van der Waals surface area (Å²) in [5.41, 5.74) is 0.0456. The number of amides is 1. The molecule has 1 aliphatic rings. The van der Waals surface area contributed by atoms with Crippen LogP contribution in [0.15, 0.2) is 18.2 Å². The molecule has 0 aliphatic carbocycles. The molecule has 3 rings (SSSR count). The van der Waals surface area contributed by atoms with Crippen LogP contribution in [0.25, 0.3) is 10.6 Å². The Bertz CT molecular complexity index is 860. The number of carbonyl (C=O) groups excluding carboxylic acids is 1. The SMILES string of the molecule is CCN1CCC[C@H](C(=O)O)C1NC(=O)c1nnc(-c2ccc(F)cc2F)s1. The van der Waals surface area contributed by atoms with Crippen LogP contribution in [0, 0.1) is 17.6 Å². The number of rotatable bonds is 5. The summed E-state index contributed by atoms with van der Waals surface area (Å²) < 4.78 is 26.9. The van der Waals surface area contributed by atoms with Crippen molar-refractivity contribution in [1.29, 1.82) is 0 Å². The fourth-order valence-electron chi connectivity index (χ4n) is 3.15. The van der Waals surface area contributed by atoms with Crippen LogP contribution >= 0.6 is 11.3 Å². The standard InChI is InChI=1S/C17H18F2N4O3S/c1-2-23-7-3-4-11(17(25)26)13(23)20-14(24)16-22-21-15(27-16)10-6-5-9(18)8-12(10)19/h5-6,8,11,13H,2-4,7H2,1H3,(H,20,24)(H,25,26)/t11-,13?/m0/s1. The molecular weight excluding hydrogens is 378 g/mol. The van der Waals surface area contributed by atoms with Gasteiger partial charge in [0.05, 0.1) is 12.1 Å². The Hall–Kier alpha value is -2.46. The first-order valence-electron chi connectivity index (χ1n) is 8.47. The Morgan fingerprint density at radius 2 is 2.15 bits per heavy atom. The van der Waals surface area contributed by atoms with E-state index in [4.69, 9.17) is 0 Å². The molecule has 1 unspecified atom stereocenters. The molecule has 1 aromatic carbocycles. The van der Waals surface area contributed by atoms with Crippen molar-refractivity contribution in [1.82, 2.24) is 20.4 Å². The minimum Gasteiger partial charge on any atom is -0.481 e. The van der Waals surface area contributed by atoms with Gasteiger partial charge in [-0.25, -0.2) is 8.78 Å². The number of hydrogen-bond acceptors (Lipinski definition) is 6. The van der Waals surface area contributed by atoms with Gasteiger partial charge >= 0.3 is 5.97 Å². The molecule has 2 heterocycles. The lowest BCUT2D eigenvalue weighted by Crippen LogP contribution is -2.57. The van der Waals surface area contributed by atoms with E-state index in [1.807, 2.05) is 11.8 Å². The highest BCUT2D eigenvalue weighted by Crippen LogP contribution is 2.27. The van der Waals surface area contributed by atoms with Gasteiger partial charge in [-0.1, -0.05) is 18.3 Å². The van der Waals surface area contributed by atoms with Gasteiger partial charge in [0, 0.05) is 18.2 Å². The van der Waals surface area contributed by atoms with Gasteiger partial charge in [-0.3, -0.25) is 14.5 Å². The van der Waals surface area contributed by atoms with Gasteiger partial charge in [0.15, 0.2) is 5.01 Å². The molecule has 0 bridgehead atoms. The minimum absolute atomic E-state index is 0.0144. The second-order valence-electron chi connectivity index (χ2n) is 6.17. The first kappa shape index (κ1) is 19.3. The summed E-state index contributed by atoms with van der Waals surface area (Å²) in [6.45, 7) is 3.17. The molecule has 27 heavy (non-hydrogen) atoms. The van der Waals surface area contributed by atoms with Crippen molar-refractivity contribution >= 4 is 23.2 Å². The summed E-state index contributed by atoms with van der Waals surface area (Å²) in [6.07, 6.45) is 0.562. The summed E-state index contributed by atoms with van der Waals surface area (Å²) in [4.78, 5) is 26.0. The number of carboxylic acid groups (broad SMARTS) is 1. The maximum Gasteiger partial charge on any atom is 0.309 e. The molecule has 1 aliphatic heterocycles. The monoisotopic (exact) mass is 396 g/mol. The Labute approximate surface area is 158 Å². The Kier molecular flexibility index (Phi) is 5.76. The van der Waals surface area contributed by atoms with Crippen LogP contribution in [-0.4, -0.2) is 51.3 Å². The number of carbonyl (C=O) groups is 2. The number of likely N-dealkylation sites (tertiary alicyclic amines) is 1. The Morgan fingerprint density at radius 1 is 1.37 bits per heavy atom. The predicted molar refractivity (Wildman–Crippen MR) is 94.1 cm³/mol. The van der Waals surface area contributed by atoms with Gasteiger partial charge in [0.25, 0.3) is 5.91 Å². The number of piperidine rings is 1. The molecule has 1 amide bonds. The van der Waals surface area contributed by atoms with Crippen LogP contribution in [0.5, 0.6) is 0 Å². The second kappa shape index (κ2) is 8.05. The lowest BCUT2D eigenvalue weighted by Gasteiger charge is -2.39. The van der Waals surface area contributed by atoms with E-state index < -0.39 is 35.6 Å². The molecule has 7 nitrogen and oxygen atoms in total. The topological polar surface area (TPSA) is 95.4 Å². The number of benzene rings is 1. The lowest BCUT2D eigenvalue weighted by atomic mass is 9.94. The van der Waals surface area contributed by atoms with E-state index in [0.717, 1.165) is 29.9 Å². The van der Waals surface area contributed by atoms with Crippen molar-refractivity contribution in [2.24, 2.45) is 5.92 Å². The van der Waals surface area contributed by atoms with Crippen LogP contribution < -0.4 is 5.32 Å². The number of nitrogens with zero attached hydrogens (tertiary/aromatic N) is 3. The van der Waals surface area contributed by atoms with E-state index in [1.165, 1.54) is 6.07 Å². The normalized spacial score (nSPS) is 20.4. The van der Waals surface area contributed by atoms with Crippen LogP contribution in [0.1, 0.15) is 29.6 Å². The molecule has 2 N–H and O–H groups in total. The molecular formula is C17H18F2N4O3S. The number of hydrogen-bond donors (Lipinski definition) is 2. The first-order valence-corrected chi connectivity index (χ1v) is 9.29. The van der Waals surface area contributed by atoms with Gasteiger partial charge in [0.1, 0.15) is 11.6 Å². The van der Waals surface area contributed by atoms with Crippen LogP contribution in [-0.2, 0) is 4.79 Å². The van der Waals surface area contributed by atoms with E-state index in [2.05, 4.69) is 15.5 Å². The Morgan fingerprint density at radius 3 is 2.81 bits per heavy atom. The second-order valence-corrected chi connectivity index (χ2v) is 7.15. The molecule has 10 heteroatoms. The van der Waals surface area contributed by atoms with Crippen molar-refractivity contribution in [2.45, 2.75) is 25.9 Å². The molecule has 2 atom stereocenters. The third-order valence-corrected chi connectivity index (χ3v) is 5.47. The molecule has 0 spiro atoms. The molecule has 2 aromatic rings. The van der Waals surface area contributed by atoms with Crippen LogP contribution in [0.2, 0.25) is 0 Å². The number of carboxylic acids is 1. The highest BCUT2D eigenvalue weighted by molar-refractivity contribution is 7.16. The Balaban J connectivity index is 1.79. The number of halogens is 2. The van der Waals surface area contributed by atoms with E-state index in [9.17, 15) is 23.5 Å². The third kappa shape index (κ3) is 4.11. The van der Waals surface area contributed by atoms with Crippen molar-refractivity contribution in [3.63, 3.8) is 0 Å². The van der Waals surface area contributed by atoms with Gasteiger partial charge in [-0.2, -0.15) is 0 Å². The molecule has 1 saturated heterocycles. The number of aliphatic carboxylic acids is 1. The average molecular weight is 396 g/mol. The molecule has 1 fully saturated rings. The van der Waals surface area contributed by atoms with Gasteiger partial charge in [0.2, 0.25) is 5.01 Å². The smallest absolute Gasteiger partial charge is 0.309 e. The quantitative estimate of drug-likeness (QED) is 0.806. The molecule has 144 valence electrons. The summed E-state index contributed by atoms with van der Waals surface area (Å²) in [7, 11) is 0. The average Bonchev–Trinajstić information content (AvgIpc) is 3.11. The fraction of sp³-hybridized carbons (Fsp3) is 0.412. The van der Waals surface area contributed by atoms with Crippen LogP contribution in [0.4, 0.5) is 8.78 Å². The molecule has 0 radical (unpaired) electrons. The predicted octanol–water partition coefficient (Wildman–Crippen LogP) is 2.36. The third-order valence-electron chi connectivity index (χ3n) is 4.52. The molecule has 1 aromatic heterocycles. The fourth-order valence-corrected chi connectivity index (χ4v) is 3.93. The molecule has 0 saturated carbocycles. The van der Waals surface area contributed by atoms with Crippen molar-refractivity contribution in [3.8, 4) is 10.6 Å². The van der Waals surface area contributed by atoms with Crippen molar-refractivity contribution in [3.05, 3.63) is 34.8 Å². The van der Waals surface area contributed by atoms with E-state index in [0.29, 0.717) is 19.5 Å². The first-order chi connectivity index (χ1) is 12.9. The van der Waals surface area contributed by atoms with Gasteiger partial charge in [-0.05, 0) is 31.5 Å². The minimum atomic E-state index is -0.968. The van der Waals surface area contributed by atoms with Gasteiger partial charge in [-0.15, -0.1) is 10.2 Å². The van der Waals surface area contributed by atoms with Gasteiger partial charge < -0.3 is 10.4 Å². The van der Waals surface area contributed by atoms with Crippen molar-refractivity contribution in [2.75, 3.05) is 13.1 Å².